The van der Waals surface area contributed by atoms with Crippen LogP contribution in [0.5, 0.6) is 0 Å². The summed E-state index contributed by atoms with van der Waals surface area (Å²) >= 11 is 0. The summed E-state index contributed by atoms with van der Waals surface area (Å²) in [7, 11) is 0. The molecule has 0 aliphatic heterocycles. The average molecular weight is 278 g/mol. The predicted molar refractivity (Wildman–Crippen MR) is 67.1 cm³/mol. The largest absolute Gasteiger partial charge is 0.477 e. The monoisotopic (exact) mass is 278 g/mol. The molecule has 1 amide bonds. The van der Waals surface area contributed by atoms with Crippen molar-refractivity contribution in [3.05, 3.63) is 35.7 Å². The molecule has 0 saturated carbocycles. The van der Waals surface area contributed by atoms with Crippen molar-refractivity contribution in [1.82, 2.24) is 20.0 Å². The first-order valence-electron chi connectivity index (χ1n) is 6.00. The second kappa shape index (κ2) is 6.00. The van der Waals surface area contributed by atoms with Gasteiger partial charge in [-0.1, -0.05) is 5.16 Å². The van der Waals surface area contributed by atoms with Gasteiger partial charge in [0.15, 0.2) is 5.82 Å². The van der Waals surface area contributed by atoms with Crippen molar-refractivity contribution >= 4 is 11.9 Å². The Bertz CT molecular complexity index is 617. The van der Waals surface area contributed by atoms with Crippen molar-refractivity contribution in [2.24, 2.45) is 0 Å². The van der Waals surface area contributed by atoms with Crippen molar-refractivity contribution in [2.75, 3.05) is 6.54 Å². The van der Waals surface area contributed by atoms with E-state index in [2.05, 4.69) is 15.5 Å². The van der Waals surface area contributed by atoms with Crippen molar-refractivity contribution in [3.63, 3.8) is 0 Å². The molecule has 20 heavy (non-hydrogen) atoms. The van der Waals surface area contributed by atoms with Crippen molar-refractivity contribution in [1.29, 1.82) is 0 Å². The minimum absolute atomic E-state index is 0.0442. The lowest BCUT2D eigenvalue weighted by Gasteiger charge is -2.06. The summed E-state index contributed by atoms with van der Waals surface area (Å²) < 4.78 is 6.28. The summed E-state index contributed by atoms with van der Waals surface area (Å²) in [6, 6.07) is 3.02. The lowest BCUT2D eigenvalue weighted by atomic mass is 10.4. The van der Waals surface area contributed by atoms with E-state index in [1.165, 1.54) is 10.6 Å². The average Bonchev–Trinajstić information content (AvgIpc) is 2.98. The van der Waals surface area contributed by atoms with Gasteiger partial charge in [0.2, 0.25) is 11.8 Å². The van der Waals surface area contributed by atoms with Gasteiger partial charge < -0.3 is 19.5 Å². The Balaban J connectivity index is 1.80. The Morgan fingerprint density at radius 3 is 2.95 bits per heavy atom. The smallest absolute Gasteiger partial charge is 0.352 e. The van der Waals surface area contributed by atoms with Gasteiger partial charge in [-0.2, -0.15) is 4.98 Å². The second-order valence-electron chi connectivity index (χ2n) is 4.16. The molecule has 0 unspecified atom stereocenters. The van der Waals surface area contributed by atoms with Crippen molar-refractivity contribution in [2.45, 2.75) is 19.9 Å². The van der Waals surface area contributed by atoms with Gasteiger partial charge in [-0.25, -0.2) is 4.79 Å². The Hall–Kier alpha value is -2.64. The van der Waals surface area contributed by atoms with Gasteiger partial charge >= 0.3 is 5.97 Å². The Morgan fingerprint density at radius 2 is 2.30 bits per heavy atom. The van der Waals surface area contributed by atoms with Crippen LogP contribution in [0, 0.1) is 6.92 Å². The summed E-state index contributed by atoms with van der Waals surface area (Å²) in [6.45, 7) is 2.02. The first kappa shape index (κ1) is 13.8. The van der Waals surface area contributed by atoms with Crippen LogP contribution in [0.3, 0.4) is 0 Å². The number of aromatic nitrogens is 3. The van der Waals surface area contributed by atoms with E-state index in [1.54, 1.807) is 19.2 Å². The number of nitrogens with one attached hydrogen (secondary N) is 1. The number of aryl methyl sites for hydroxylation is 1. The van der Waals surface area contributed by atoms with E-state index >= 15 is 0 Å². The maximum absolute atomic E-state index is 11.7. The van der Waals surface area contributed by atoms with E-state index in [9.17, 15) is 9.59 Å². The van der Waals surface area contributed by atoms with Crippen LogP contribution in [-0.4, -0.2) is 38.2 Å². The molecular weight excluding hydrogens is 264 g/mol. The molecule has 0 aliphatic carbocycles. The first-order chi connectivity index (χ1) is 9.56. The highest BCUT2D eigenvalue weighted by molar-refractivity contribution is 5.86. The van der Waals surface area contributed by atoms with Crippen LogP contribution in [-0.2, 0) is 17.8 Å². The third-order valence-electron chi connectivity index (χ3n) is 2.59. The number of hydrogen-bond acceptors (Lipinski definition) is 5. The van der Waals surface area contributed by atoms with Crippen molar-refractivity contribution in [3.8, 4) is 0 Å². The van der Waals surface area contributed by atoms with Crippen molar-refractivity contribution < 1.29 is 19.2 Å². The highest BCUT2D eigenvalue weighted by Gasteiger charge is 2.11. The Labute approximate surface area is 114 Å². The number of nitrogens with zero attached hydrogens (tertiary/aromatic N) is 3. The Kier molecular flexibility index (Phi) is 4.14. The molecule has 0 spiro atoms. The molecule has 2 heterocycles. The lowest BCUT2D eigenvalue weighted by Crippen LogP contribution is -2.30. The van der Waals surface area contributed by atoms with Gasteiger partial charge in [-0.15, -0.1) is 0 Å². The van der Waals surface area contributed by atoms with E-state index in [-0.39, 0.29) is 18.1 Å². The van der Waals surface area contributed by atoms with Crippen LogP contribution in [0.2, 0.25) is 0 Å². The molecule has 0 saturated heterocycles. The molecule has 8 heteroatoms. The molecule has 2 aromatic rings. The molecule has 0 fully saturated rings. The molecule has 106 valence electrons. The Morgan fingerprint density at radius 1 is 1.50 bits per heavy atom. The van der Waals surface area contributed by atoms with Gasteiger partial charge in [-0.3, -0.25) is 4.79 Å². The zero-order valence-corrected chi connectivity index (χ0v) is 10.9. The molecule has 2 N–H and O–H groups in total. The third-order valence-corrected chi connectivity index (χ3v) is 2.59. The van der Waals surface area contributed by atoms with Crippen LogP contribution in [0.15, 0.2) is 22.9 Å². The van der Waals surface area contributed by atoms with Crippen LogP contribution in [0.1, 0.15) is 22.2 Å². The molecule has 0 radical (unpaired) electrons. The normalized spacial score (nSPS) is 10.4. The van der Waals surface area contributed by atoms with E-state index in [1.807, 2.05) is 0 Å². The molecule has 0 aromatic carbocycles. The summed E-state index contributed by atoms with van der Waals surface area (Å²) in [5.41, 5.74) is 0.0766. The summed E-state index contributed by atoms with van der Waals surface area (Å²) in [4.78, 5) is 26.6. The maximum Gasteiger partial charge on any atom is 0.352 e. The number of amides is 1. The molecule has 2 rings (SSSR count). The number of carboxylic acid groups (broad SMARTS) is 1. The highest BCUT2D eigenvalue weighted by Crippen LogP contribution is 2.02. The van der Waals surface area contributed by atoms with Gasteiger partial charge in [-0.05, 0) is 19.1 Å². The van der Waals surface area contributed by atoms with Gasteiger partial charge in [0, 0.05) is 19.2 Å². The number of hydrogen-bond donors (Lipinski definition) is 2. The van der Waals surface area contributed by atoms with Crippen LogP contribution in [0.4, 0.5) is 0 Å². The van der Waals surface area contributed by atoms with Crippen LogP contribution < -0.4 is 5.32 Å². The molecule has 0 atom stereocenters. The van der Waals surface area contributed by atoms with Gasteiger partial charge in [0.05, 0.1) is 0 Å². The van der Waals surface area contributed by atoms with E-state index in [4.69, 9.17) is 9.63 Å². The predicted octanol–water partition coefficient (Wildman–Crippen LogP) is 0.237. The zero-order valence-electron chi connectivity index (χ0n) is 10.9. The number of aromatic carboxylic acids is 1. The van der Waals surface area contributed by atoms with Gasteiger partial charge in [0.25, 0.3) is 0 Å². The van der Waals surface area contributed by atoms with E-state index in [0.29, 0.717) is 24.7 Å². The fourth-order valence-corrected chi connectivity index (χ4v) is 1.71. The van der Waals surface area contributed by atoms with Crippen LogP contribution in [0.25, 0.3) is 0 Å². The minimum atomic E-state index is -1.07. The fraction of sp³-hybridized carbons (Fsp3) is 0.333. The molecule has 8 nitrogen and oxygen atoms in total. The lowest BCUT2D eigenvalue weighted by molar-refractivity contribution is -0.121. The minimum Gasteiger partial charge on any atom is -0.477 e. The summed E-state index contributed by atoms with van der Waals surface area (Å²) in [5, 5.41) is 15.2. The number of carbonyl (C=O) groups excluding carboxylic acids is 1. The highest BCUT2D eigenvalue weighted by atomic mass is 16.5. The number of carboxylic acids is 1. The maximum atomic E-state index is 11.7. The topological polar surface area (TPSA) is 110 Å². The third kappa shape index (κ3) is 3.44. The quantitative estimate of drug-likeness (QED) is 0.783. The molecular formula is C12H14N4O4. The van der Waals surface area contributed by atoms with E-state index < -0.39 is 5.97 Å². The standard InChI is InChI=1S/C12H14N4O4/c1-8-14-11(20-15-8)4-5-13-10(17)7-16-6-2-3-9(16)12(18)19/h2-3,6H,4-5,7H2,1H3,(H,13,17)(H,18,19). The van der Waals surface area contributed by atoms with Gasteiger partial charge in [0.1, 0.15) is 12.2 Å². The molecule has 2 aromatic heterocycles. The van der Waals surface area contributed by atoms with Crippen LogP contribution >= 0.6 is 0 Å². The SMILES string of the molecule is Cc1noc(CCNC(=O)Cn2cccc2C(=O)O)n1. The zero-order chi connectivity index (χ0) is 14.5. The molecule has 0 bridgehead atoms. The number of rotatable bonds is 6. The summed E-state index contributed by atoms with van der Waals surface area (Å²) in [5.74, 6) is -0.344. The first-order valence-corrected chi connectivity index (χ1v) is 6.00. The number of carbonyl (C=O) groups is 2. The summed E-state index contributed by atoms with van der Waals surface area (Å²) in [6.07, 6.45) is 1.98. The van der Waals surface area contributed by atoms with E-state index in [0.717, 1.165) is 0 Å². The fourth-order valence-electron chi connectivity index (χ4n) is 1.71. The molecule has 0 aliphatic rings. The second-order valence-corrected chi connectivity index (χ2v) is 4.16.